The number of amides is 1. The van der Waals surface area contributed by atoms with Crippen LogP contribution in [0, 0.1) is 5.92 Å². The lowest BCUT2D eigenvalue weighted by Gasteiger charge is -2.20. The Balaban J connectivity index is 1.86. The highest BCUT2D eigenvalue weighted by molar-refractivity contribution is 6.37. The van der Waals surface area contributed by atoms with Crippen molar-refractivity contribution in [3.63, 3.8) is 0 Å². The predicted octanol–water partition coefficient (Wildman–Crippen LogP) is 6.24. The Morgan fingerprint density at radius 1 is 0.969 bits per heavy atom. The third-order valence-electron chi connectivity index (χ3n) is 5.68. The van der Waals surface area contributed by atoms with E-state index in [2.05, 4.69) is 13.8 Å². The minimum absolute atomic E-state index is 0.0791. The van der Waals surface area contributed by atoms with Crippen molar-refractivity contribution in [2.45, 2.75) is 20.4 Å². The molecule has 0 bridgehead atoms. The van der Waals surface area contributed by atoms with E-state index >= 15 is 0 Å². The first-order valence-corrected chi connectivity index (χ1v) is 10.9. The Morgan fingerprint density at radius 2 is 1.62 bits per heavy atom. The molecular formula is C27H24ClNO3. The zero-order chi connectivity index (χ0) is 22.8. The standard InChI is InChI=1S/C27H24ClNO3/c1-17(2)24(18-12-14-20(28)15-13-18)25-22-10-6-7-11-23(22)29(26(25)30)16-19-8-4-5-9-21(19)27(31)32-3/h4-15,17H,16H2,1-3H3. The molecule has 0 fully saturated rings. The molecule has 0 spiro atoms. The molecule has 1 aliphatic rings. The van der Waals surface area contributed by atoms with Gasteiger partial charge in [0.15, 0.2) is 0 Å². The van der Waals surface area contributed by atoms with Crippen LogP contribution >= 0.6 is 11.6 Å². The van der Waals surface area contributed by atoms with E-state index in [1.807, 2.05) is 60.7 Å². The Kier molecular flexibility index (Phi) is 6.15. The van der Waals surface area contributed by atoms with Crippen LogP contribution in [0.15, 0.2) is 72.8 Å². The van der Waals surface area contributed by atoms with Gasteiger partial charge in [-0.3, -0.25) is 4.79 Å². The lowest BCUT2D eigenvalue weighted by atomic mass is 9.88. The van der Waals surface area contributed by atoms with Crippen molar-refractivity contribution < 1.29 is 14.3 Å². The lowest BCUT2D eigenvalue weighted by Crippen LogP contribution is -2.27. The van der Waals surface area contributed by atoms with Crippen molar-refractivity contribution in [3.8, 4) is 0 Å². The number of methoxy groups -OCH3 is 1. The number of nitrogens with zero attached hydrogens (tertiary/aromatic N) is 1. The highest BCUT2D eigenvalue weighted by Crippen LogP contribution is 2.43. The van der Waals surface area contributed by atoms with E-state index in [0.717, 1.165) is 28.0 Å². The molecule has 1 heterocycles. The Labute approximate surface area is 193 Å². The summed E-state index contributed by atoms with van der Waals surface area (Å²) in [7, 11) is 1.36. The Bertz CT molecular complexity index is 1210. The number of para-hydroxylation sites is 1. The smallest absolute Gasteiger partial charge is 0.338 e. The molecule has 32 heavy (non-hydrogen) atoms. The van der Waals surface area contributed by atoms with E-state index in [0.29, 0.717) is 16.2 Å². The molecule has 0 N–H and O–H groups in total. The number of halogens is 1. The summed E-state index contributed by atoms with van der Waals surface area (Å²) in [5.74, 6) is -0.379. The SMILES string of the molecule is COC(=O)c1ccccc1CN1C(=O)C(=C(c2ccc(Cl)cc2)C(C)C)c2ccccc21. The fourth-order valence-corrected chi connectivity index (χ4v) is 4.36. The summed E-state index contributed by atoms with van der Waals surface area (Å²) in [4.78, 5) is 27.8. The van der Waals surface area contributed by atoms with E-state index in [-0.39, 0.29) is 18.4 Å². The molecule has 0 saturated carbocycles. The van der Waals surface area contributed by atoms with Crippen LogP contribution in [0.5, 0.6) is 0 Å². The van der Waals surface area contributed by atoms with Gasteiger partial charge in [-0.1, -0.05) is 74.0 Å². The van der Waals surface area contributed by atoms with Crippen LogP contribution in [0.2, 0.25) is 5.02 Å². The summed E-state index contributed by atoms with van der Waals surface area (Å²) < 4.78 is 4.93. The largest absolute Gasteiger partial charge is 0.465 e. The first-order valence-electron chi connectivity index (χ1n) is 10.5. The van der Waals surface area contributed by atoms with Gasteiger partial charge in [-0.05, 0) is 46.9 Å². The number of carbonyl (C=O) groups is 2. The van der Waals surface area contributed by atoms with Gasteiger partial charge in [0.25, 0.3) is 5.91 Å². The van der Waals surface area contributed by atoms with Crippen LogP contribution in [0.3, 0.4) is 0 Å². The van der Waals surface area contributed by atoms with Crippen LogP contribution in [-0.2, 0) is 16.1 Å². The van der Waals surface area contributed by atoms with Gasteiger partial charge in [0.05, 0.1) is 30.5 Å². The monoisotopic (exact) mass is 445 g/mol. The molecule has 1 amide bonds. The molecule has 3 aromatic rings. The third-order valence-corrected chi connectivity index (χ3v) is 5.93. The van der Waals surface area contributed by atoms with E-state index < -0.39 is 5.97 Å². The molecule has 4 nitrogen and oxygen atoms in total. The maximum atomic E-state index is 13.8. The normalized spacial score (nSPS) is 14.5. The van der Waals surface area contributed by atoms with Crippen molar-refractivity contribution in [2.24, 2.45) is 5.92 Å². The molecule has 0 aromatic heterocycles. The first-order chi connectivity index (χ1) is 15.4. The molecule has 0 radical (unpaired) electrons. The molecule has 4 rings (SSSR count). The lowest BCUT2D eigenvalue weighted by molar-refractivity contribution is -0.113. The Morgan fingerprint density at radius 3 is 2.31 bits per heavy atom. The summed E-state index contributed by atoms with van der Waals surface area (Å²) >= 11 is 6.10. The van der Waals surface area contributed by atoms with Gasteiger partial charge in [0, 0.05) is 10.6 Å². The maximum Gasteiger partial charge on any atom is 0.338 e. The van der Waals surface area contributed by atoms with Crippen molar-refractivity contribution in [2.75, 3.05) is 12.0 Å². The van der Waals surface area contributed by atoms with E-state index in [4.69, 9.17) is 16.3 Å². The zero-order valence-electron chi connectivity index (χ0n) is 18.3. The molecule has 162 valence electrons. The van der Waals surface area contributed by atoms with Crippen molar-refractivity contribution in [1.29, 1.82) is 0 Å². The fourth-order valence-electron chi connectivity index (χ4n) is 4.23. The summed E-state index contributed by atoms with van der Waals surface area (Å²) in [5, 5.41) is 0.654. The summed E-state index contributed by atoms with van der Waals surface area (Å²) in [5.41, 5.74) is 5.56. The van der Waals surface area contributed by atoms with Crippen LogP contribution in [0.1, 0.15) is 40.9 Å². The molecule has 1 aliphatic heterocycles. The number of rotatable bonds is 5. The molecule has 0 aliphatic carbocycles. The molecular weight excluding hydrogens is 422 g/mol. The average Bonchev–Trinajstić information content (AvgIpc) is 3.06. The number of allylic oxidation sites excluding steroid dienone is 1. The molecule has 3 aromatic carbocycles. The molecule has 0 saturated heterocycles. The van der Waals surface area contributed by atoms with E-state index in [1.54, 1.807) is 17.0 Å². The number of esters is 1. The number of hydrogen-bond acceptors (Lipinski definition) is 3. The zero-order valence-corrected chi connectivity index (χ0v) is 19.0. The number of anilines is 1. The van der Waals surface area contributed by atoms with Crippen molar-refractivity contribution >= 4 is 40.3 Å². The van der Waals surface area contributed by atoms with Gasteiger partial charge in [0.2, 0.25) is 0 Å². The average molecular weight is 446 g/mol. The van der Waals surface area contributed by atoms with Crippen LogP contribution in [0.4, 0.5) is 5.69 Å². The second-order valence-corrected chi connectivity index (χ2v) is 8.44. The Hall–Kier alpha value is -3.37. The first kappa shape index (κ1) is 21.8. The van der Waals surface area contributed by atoms with Crippen LogP contribution in [-0.4, -0.2) is 19.0 Å². The van der Waals surface area contributed by atoms with Gasteiger partial charge < -0.3 is 9.64 Å². The highest BCUT2D eigenvalue weighted by Gasteiger charge is 2.35. The number of benzene rings is 3. The van der Waals surface area contributed by atoms with Gasteiger partial charge in [-0.25, -0.2) is 4.79 Å². The van der Waals surface area contributed by atoms with Gasteiger partial charge >= 0.3 is 5.97 Å². The van der Waals surface area contributed by atoms with Gasteiger partial charge in [-0.15, -0.1) is 0 Å². The van der Waals surface area contributed by atoms with E-state index in [1.165, 1.54) is 7.11 Å². The second-order valence-electron chi connectivity index (χ2n) is 8.01. The number of carbonyl (C=O) groups excluding carboxylic acids is 2. The van der Waals surface area contributed by atoms with Gasteiger partial charge in [-0.2, -0.15) is 0 Å². The third kappa shape index (κ3) is 3.94. The highest BCUT2D eigenvalue weighted by atomic mass is 35.5. The van der Waals surface area contributed by atoms with E-state index in [9.17, 15) is 9.59 Å². The molecule has 5 heteroatoms. The number of fused-ring (bicyclic) bond motifs is 1. The summed E-state index contributed by atoms with van der Waals surface area (Å²) in [6.45, 7) is 4.45. The van der Waals surface area contributed by atoms with Crippen LogP contribution < -0.4 is 4.90 Å². The quantitative estimate of drug-likeness (QED) is 0.345. The minimum atomic E-state index is -0.416. The summed E-state index contributed by atoms with van der Waals surface area (Å²) in [6, 6.07) is 22.6. The number of ether oxygens (including phenoxy) is 1. The minimum Gasteiger partial charge on any atom is -0.465 e. The topological polar surface area (TPSA) is 46.6 Å². The molecule has 0 atom stereocenters. The van der Waals surface area contributed by atoms with Gasteiger partial charge in [0.1, 0.15) is 0 Å². The van der Waals surface area contributed by atoms with Crippen molar-refractivity contribution in [1.82, 2.24) is 0 Å². The predicted molar refractivity (Wildman–Crippen MR) is 129 cm³/mol. The fraction of sp³-hybridized carbons (Fsp3) is 0.185. The molecule has 0 unspecified atom stereocenters. The number of hydrogen-bond donors (Lipinski definition) is 0. The summed E-state index contributed by atoms with van der Waals surface area (Å²) in [6.07, 6.45) is 0. The van der Waals surface area contributed by atoms with Crippen molar-refractivity contribution in [3.05, 3.63) is 100 Å². The second kappa shape index (κ2) is 9.01. The van der Waals surface area contributed by atoms with Crippen LogP contribution in [0.25, 0.3) is 11.1 Å². The maximum absolute atomic E-state index is 13.8.